The fourth-order valence-electron chi connectivity index (χ4n) is 4.94. The molecule has 0 saturated heterocycles. The van der Waals surface area contributed by atoms with Crippen LogP contribution in [0.3, 0.4) is 0 Å². The number of nitrogens with two attached hydrogens (primary N) is 1. The number of halogens is 1. The molecule has 206 valence electrons. The van der Waals surface area contributed by atoms with Crippen molar-refractivity contribution < 1.29 is 23.8 Å². The number of nitrogens with zero attached hydrogens (tertiary/aromatic N) is 1. The molecule has 10 heteroatoms. The smallest absolute Gasteiger partial charge is 0.255 e. The third-order valence-corrected chi connectivity index (χ3v) is 7.18. The van der Waals surface area contributed by atoms with Gasteiger partial charge in [0.25, 0.3) is 5.91 Å². The van der Waals surface area contributed by atoms with Crippen LogP contribution in [0.15, 0.2) is 73.1 Å². The highest BCUT2D eigenvalue weighted by Crippen LogP contribution is 2.41. The molecule has 40 heavy (non-hydrogen) atoms. The summed E-state index contributed by atoms with van der Waals surface area (Å²) in [5, 5.41) is 8.92. The summed E-state index contributed by atoms with van der Waals surface area (Å²) < 4.78 is 16.8. The van der Waals surface area contributed by atoms with Crippen molar-refractivity contribution in [2.24, 2.45) is 5.73 Å². The van der Waals surface area contributed by atoms with Gasteiger partial charge in [0.15, 0.2) is 18.1 Å². The number of nitrogens with one attached hydrogen (secondary N) is 2. The predicted molar refractivity (Wildman–Crippen MR) is 153 cm³/mol. The van der Waals surface area contributed by atoms with E-state index in [4.69, 9.17) is 31.5 Å². The van der Waals surface area contributed by atoms with Crippen molar-refractivity contribution in [2.45, 2.75) is 18.4 Å². The molecule has 0 saturated carbocycles. The number of primary amides is 1. The lowest BCUT2D eigenvalue weighted by Crippen LogP contribution is -2.50. The van der Waals surface area contributed by atoms with Gasteiger partial charge in [-0.05, 0) is 35.9 Å². The van der Waals surface area contributed by atoms with Crippen LogP contribution in [0.2, 0.25) is 5.02 Å². The lowest BCUT2D eigenvalue weighted by Gasteiger charge is -2.38. The standard InChI is InChI=1S/C30H29ClN4O5/c1-38-26-8-6-19(12-27(26)40-17-28(32)36)14-34-18-30(10-11-39-25-9-7-21(31)13-23(25)30)29(37)35-24-16-33-15-20-4-2-3-5-22(20)24/h2-9,12-13,15-16,34H,10-11,14,17-18H2,1H3,(H2,32,36)(H,35,37). The van der Waals surface area contributed by atoms with E-state index in [9.17, 15) is 9.59 Å². The summed E-state index contributed by atoms with van der Waals surface area (Å²) in [4.78, 5) is 29.7. The zero-order chi connectivity index (χ0) is 28.1. The van der Waals surface area contributed by atoms with Gasteiger partial charge in [-0.25, -0.2) is 0 Å². The number of anilines is 1. The molecule has 1 aliphatic rings. The molecule has 4 N–H and O–H groups in total. The number of carbonyl (C=O) groups is 2. The summed E-state index contributed by atoms with van der Waals surface area (Å²) in [5.74, 6) is 0.731. The van der Waals surface area contributed by atoms with E-state index in [1.807, 2.05) is 30.3 Å². The number of rotatable bonds is 10. The molecule has 0 spiro atoms. The Kier molecular flexibility index (Phi) is 8.04. The van der Waals surface area contributed by atoms with Gasteiger partial charge in [-0.2, -0.15) is 0 Å². The molecule has 5 rings (SSSR count). The minimum Gasteiger partial charge on any atom is -0.493 e. The average molecular weight is 561 g/mol. The number of hydrogen-bond donors (Lipinski definition) is 3. The number of ether oxygens (including phenoxy) is 3. The van der Waals surface area contributed by atoms with E-state index in [0.29, 0.717) is 59.6 Å². The number of carbonyl (C=O) groups excluding carboxylic acids is 2. The van der Waals surface area contributed by atoms with Crippen LogP contribution in [0.5, 0.6) is 17.2 Å². The quantitative estimate of drug-likeness (QED) is 0.265. The zero-order valence-electron chi connectivity index (χ0n) is 21.9. The molecule has 0 aliphatic carbocycles. The molecule has 1 atom stereocenters. The van der Waals surface area contributed by atoms with Crippen LogP contribution in [0.4, 0.5) is 5.69 Å². The topological polar surface area (TPSA) is 125 Å². The van der Waals surface area contributed by atoms with Crippen LogP contribution >= 0.6 is 11.6 Å². The second-order valence-corrected chi connectivity index (χ2v) is 9.96. The minimum atomic E-state index is -0.979. The first-order valence-corrected chi connectivity index (χ1v) is 13.1. The summed E-state index contributed by atoms with van der Waals surface area (Å²) in [5.41, 5.74) is 6.46. The number of methoxy groups -OCH3 is 1. The number of pyridine rings is 1. The molecule has 1 unspecified atom stereocenters. The van der Waals surface area contributed by atoms with E-state index < -0.39 is 11.3 Å². The monoisotopic (exact) mass is 560 g/mol. The lowest BCUT2D eigenvalue weighted by molar-refractivity contribution is -0.122. The summed E-state index contributed by atoms with van der Waals surface area (Å²) >= 11 is 6.40. The second kappa shape index (κ2) is 11.8. The largest absolute Gasteiger partial charge is 0.493 e. The minimum absolute atomic E-state index is 0.190. The molecule has 0 fully saturated rings. The fourth-order valence-corrected chi connectivity index (χ4v) is 5.11. The van der Waals surface area contributed by atoms with Crippen LogP contribution < -0.4 is 30.6 Å². The van der Waals surface area contributed by atoms with E-state index in [0.717, 1.165) is 16.3 Å². The van der Waals surface area contributed by atoms with Crippen molar-refractivity contribution in [2.75, 3.05) is 32.2 Å². The van der Waals surface area contributed by atoms with Crippen LogP contribution in [0.1, 0.15) is 17.5 Å². The normalized spacial score (nSPS) is 16.1. The van der Waals surface area contributed by atoms with Crippen molar-refractivity contribution in [3.05, 3.63) is 89.2 Å². The zero-order valence-corrected chi connectivity index (χ0v) is 22.7. The molecule has 2 heterocycles. The first-order chi connectivity index (χ1) is 19.4. The highest BCUT2D eigenvalue weighted by atomic mass is 35.5. The Balaban J connectivity index is 1.43. The Labute approximate surface area is 236 Å². The van der Waals surface area contributed by atoms with Crippen molar-refractivity contribution in [1.82, 2.24) is 10.3 Å². The first-order valence-electron chi connectivity index (χ1n) is 12.8. The Hall–Kier alpha value is -4.34. The number of fused-ring (bicyclic) bond motifs is 2. The summed E-state index contributed by atoms with van der Waals surface area (Å²) in [6.07, 6.45) is 3.86. The molecule has 3 aromatic carbocycles. The summed E-state index contributed by atoms with van der Waals surface area (Å²) in [6, 6.07) is 18.5. The second-order valence-electron chi connectivity index (χ2n) is 9.53. The van der Waals surface area contributed by atoms with Gasteiger partial charge in [-0.15, -0.1) is 0 Å². The number of hydrogen-bond acceptors (Lipinski definition) is 7. The van der Waals surface area contributed by atoms with E-state index in [2.05, 4.69) is 15.6 Å². The van der Waals surface area contributed by atoms with E-state index >= 15 is 0 Å². The van der Waals surface area contributed by atoms with Crippen molar-refractivity contribution in [1.29, 1.82) is 0 Å². The van der Waals surface area contributed by atoms with Gasteiger partial charge in [-0.1, -0.05) is 41.9 Å². The van der Waals surface area contributed by atoms with Crippen LogP contribution in [-0.2, 0) is 21.5 Å². The summed E-state index contributed by atoms with van der Waals surface area (Å²) in [6.45, 7) is 0.817. The van der Waals surface area contributed by atoms with Gasteiger partial charge in [0.2, 0.25) is 5.91 Å². The number of amides is 2. The maximum atomic E-state index is 14.2. The van der Waals surface area contributed by atoms with Crippen molar-refractivity contribution >= 4 is 39.9 Å². The highest BCUT2D eigenvalue weighted by molar-refractivity contribution is 6.30. The average Bonchev–Trinajstić information content (AvgIpc) is 2.96. The van der Waals surface area contributed by atoms with Gasteiger partial charge in [0, 0.05) is 47.1 Å². The van der Waals surface area contributed by atoms with Gasteiger partial charge in [0.1, 0.15) is 5.75 Å². The van der Waals surface area contributed by atoms with Gasteiger partial charge in [-0.3, -0.25) is 14.6 Å². The number of aromatic nitrogens is 1. The van der Waals surface area contributed by atoms with Gasteiger partial charge >= 0.3 is 0 Å². The molecule has 2 amide bonds. The number of benzene rings is 3. The van der Waals surface area contributed by atoms with Gasteiger partial charge < -0.3 is 30.6 Å². The first kappa shape index (κ1) is 27.2. The van der Waals surface area contributed by atoms with Crippen molar-refractivity contribution in [3.8, 4) is 17.2 Å². The Bertz CT molecular complexity index is 1560. The third kappa shape index (κ3) is 5.66. The predicted octanol–water partition coefficient (Wildman–Crippen LogP) is 4.21. The molecule has 1 aromatic heterocycles. The highest BCUT2D eigenvalue weighted by Gasteiger charge is 2.44. The Morgan fingerprint density at radius 2 is 1.95 bits per heavy atom. The molecular formula is C30H29ClN4O5. The van der Waals surface area contributed by atoms with Crippen LogP contribution in [-0.4, -0.2) is 43.7 Å². The summed E-state index contributed by atoms with van der Waals surface area (Å²) in [7, 11) is 1.52. The van der Waals surface area contributed by atoms with E-state index in [1.54, 1.807) is 42.7 Å². The van der Waals surface area contributed by atoms with Gasteiger partial charge in [0.05, 0.1) is 31.0 Å². The third-order valence-electron chi connectivity index (χ3n) is 6.95. The van der Waals surface area contributed by atoms with E-state index in [-0.39, 0.29) is 12.5 Å². The molecular weight excluding hydrogens is 532 g/mol. The Morgan fingerprint density at radius 3 is 2.77 bits per heavy atom. The Morgan fingerprint density at radius 1 is 1.10 bits per heavy atom. The fraction of sp³-hybridized carbons (Fsp3) is 0.233. The van der Waals surface area contributed by atoms with Crippen LogP contribution in [0.25, 0.3) is 10.8 Å². The molecule has 1 aliphatic heterocycles. The molecule has 0 bridgehead atoms. The van der Waals surface area contributed by atoms with E-state index in [1.165, 1.54) is 7.11 Å². The molecule has 0 radical (unpaired) electrons. The lowest BCUT2D eigenvalue weighted by atomic mass is 9.74. The maximum Gasteiger partial charge on any atom is 0.255 e. The molecule has 4 aromatic rings. The van der Waals surface area contributed by atoms with Crippen LogP contribution in [0, 0.1) is 0 Å². The molecule has 9 nitrogen and oxygen atoms in total. The maximum absolute atomic E-state index is 14.2. The SMILES string of the molecule is COc1ccc(CNCC2(C(=O)Nc3cncc4ccccc34)CCOc3ccc(Cl)cc32)cc1OCC(N)=O. The van der Waals surface area contributed by atoms with Crippen molar-refractivity contribution in [3.63, 3.8) is 0 Å².